The van der Waals surface area contributed by atoms with Gasteiger partial charge < -0.3 is 9.88 Å². The van der Waals surface area contributed by atoms with Crippen molar-refractivity contribution >= 4 is 22.6 Å². The zero-order chi connectivity index (χ0) is 26.2. The van der Waals surface area contributed by atoms with Gasteiger partial charge in [0, 0.05) is 18.2 Å². The third-order valence-electron chi connectivity index (χ3n) is 8.44. The summed E-state index contributed by atoms with van der Waals surface area (Å²) in [6.07, 6.45) is 8.56. The van der Waals surface area contributed by atoms with E-state index in [1.807, 2.05) is 18.2 Å². The fraction of sp³-hybridized carbons (Fsp3) is 0.483. The summed E-state index contributed by atoms with van der Waals surface area (Å²) >= 11 is 0. The van der Waals surface area contributed by atoms with Gasteiger partial charge in [-0.05, 0) is 55.9 Å². The van der Waals surface area contributed by atoms with Crippen LogP contribution in [0.2, 0.25) is 0 Å². The van der Waals surface area contributed by atoms with Gasteiger partial charge in [0.25, 0.3) is 0 Å². The Morgan fingerprint density at radius 1 is 1.13 bits per heavy atom. The van der Waals surface area contributed by atoms with Gasteiger partial charge in [-0.15, -0.1) is 0 Å². The van der Waals surface area contributed by atoms with Crippen LogP contribution >= 0.6 is 0 Å². The SMILES string of the molecule is C=C(c1ccccc1)c1nc2nc(-c3noc(=O)[nH]3)nc(NC(C)C3CCC3)c2n1CC1CCC(C)CC1. The molecule has 0 amide bonds. The number of aromatic amines is 1. The van der Waals surface area contributed by atoms with E-state index in [1.165, 1.54) is 44.9 Å². The predicted octanol–water partition coefficient (Wildman–Crippen LogP) is 5.66. The predicted molar refractivity (Wildman–Crippen MR) is 148 cm³/mol. The van der Waals surface area contributed by atoms with Gasteiger partial charge >= 0.3 is 5.76 Å². The summed E-state index contributed by atoms with van der Waals surface area (Å²) < 4.78 is 7.02. The van der Waals surface area contributed by atoms with Crippen molar-refractivity contribution in [3.8, 4) is 11.6 Å². The normalized spacial score (nSPS) is 20.8. The Labute approximate surface area is 221 Å². The minimum absolute atomic E-state index is 0.190. The molecule has 3 heterocycles. The second-order valence-electron chi connectivity index (χ2n) is 11.2. The van der Waals surface area contributed by atoms with E-state index in [-0.39, 0.29) is 17.7 Å². The fourth-order valence-corrected chi connectivity index (χ4v) is 5.79. The van der Waals surface area contributed by atoms with E-state index in [4.69, 9.17) is 19.5 Å². The van der Waals surface area contributed by atoms with E-state index in [0.717, 1.165) is 34.9 Å². The van der Waals surface area contributed by atoms with Crippen molar-refractivity contribution in [2.45, 2.75) is 71.4 Å². The number of anilines is 1. The number of H-pyrrole nitrogens is 1. The van der Waals surface area contributed by atoms with E-state index in [1.54, 1.807) is 0 Å². The fourth-order valence-electron chi connectivity index (χ4n) is 5.79. The van der Waals surface area contributed by atoms with E-state index < -0.39 is 5.76 Å². The molecule has 0 saturated heterocycles. The third-order valence-corrected chi connectivity index (χ3v) is 8.44. The number of hydrogen-bond donors (Lipinski definition) is 2. The number of hydrogen-bond acceptors (Lipinski definition) is 7. The quantitative estimate of drug-likeness (QED) is 0.312. The summed E-state index contributed by atoms with van der Waals surface area (Å²) in [6, 6.07) is 10.4. The summed E-state index contributed by atoms with van der Waals surface area (Å²) in [5, 5.41) is 7.53. The number of rotatable bonds is 8. The second kappa shape index (κ2) is 10.2. The van der Waals surface area contributed by atoms with Crippen LogP contribution in [0.15, 0.2) is 46.2 Å². The number of benzene rings is 1. The molecule has 1 atom stereocenters. The highest BCUT2D eigenvalue weighted by Gasteiger charge is 2.29. The van der Waals surface area contributed by atoms with Crippen LogP contribution in [0.25, 0.3) is 28.4 Å². The van der Waals surface area contributed by atoms with Crippen molar-refractivity contribution in [3.05, 3.63) is 58.8 Å². The van der Waals surface area contributed by atoms with Crippen LogP contribution in [0.1, 0.15) is 70.2 Å². The van der Waals surface area contributed by atoms with Crippen LogP contribution in [0, 0.1) is 17.8 Å². The van der Waals surface area contributed by atoms with Crippen molar-refractivity contribution < 1.29 is 4.52 Å². The summed E-state index contributed by atoms with van der Waals surface area (Å²) in [6.45, 7) is 9.85. The lowest BCUT2D eigenvalue weighted by Crippen LogP contribution is -2.31. The molecule has 2 fully saturated rings. The molecule has 2 aliphatic rings. The zero-order valence-corrected chi connectivity index (χ0v) is 22.1. The molecule has 2 saturated carbocycles. The number of fused-ring (bicyclic) bond motifs is 1. The highest BCUT2D eigenvalue weighted by Crippen LogP contribution is 2.36. The van der Waals surface area contributed by atoms with Crippen LogP contribution < -0.4 is 11.1 Å². The second-order valence-corrected chi connectivity index (χ2v) is 11.2. The number of imidazole rings is 1. The molecule has 2 aliphatic carbocycles. The first-order valence-corrected chi connectivity index (χ1v) is 13.8. The lowest BCUT2D eigenvalue weighted by Gasteiger charge is -2.32. The first-order valence-electron chi connectivity index (χ1n) is 13.8. The molecule has 0 radical (unpaired) electrons. The minimum atomic E-state index is -0.642. The standard InChI is InChI=1S/C29H35N7O2/c1-17-12-14-20(15-13-17)16-36-23-24(30-19(3)22-10-7-11-22)31-26(27-34-29(37)38-35-27)32-25(23)33-28(36)18(2)21-8-5-4-6-9-21/h4-6,8-9,17,19-20,22H,2,7,10-16H2,1,3H3,(H,30,31,32)(H,34,35,37). The molecule has 38 heavy (non-hydrogen) atoms. The van der Waals surface area contributed by atoms with Crippen molar-refractivity contribution in [2.75, 3.05) is 5.32 Å². The zero-order valence-electron chi connectivity index (χ0n) is 22.1. The van der Waals surface area contributed by atoms with Crippen molar-refractivity contribution in [3.63, 3.8) is 0 Å². The Kier molecular flexibility index (Phi) is 6.59. The van der Waals surface area contributed by atoms with Gasteiger partial charge in [0.15, 0.2) is 11.5 Å². The van der Waals surface area contributed by atoms with E-state index >= 15 is 0 Å². The summed E-state index contributed by atoms with van der Waals surface area (Å²) in [7, 11) is 0. The van der Waals surface area contributed by atoms with Crippen LogP contribution in [-0.4, -0.2) is 35.7 Å². The number of nitrogens with zero attached hydrogens (tertiary/aromatic N) is 5. The lowest BCUT2D eigenvalue weighted by atomic mass is 9.80. The molecule has 0 bridgehead atoms. The largest absolute Gasteiger partial charge is 0.439 e. The smallest absolute Gasteiger partial charge is 0.365 e. The maximum Gasteiger partial charge on any atom is 0.439 e. The number of nitrogens with one attached hydrogen (secondary N) is 2. The Morgan fingerprint density at radius 3 is 2.55 bits per heavy atom. The van der Waals surface area contributed by atoms with Gasteiger partial charge in [0.05, 0.1) is 0 Å². The van der Waals surface area contributed by atoms with Crippen molar-refractivity contribution in [1.29, 1.82) is 0 Å². The Hall–Kier alpha value is -3.75. The average Bonchev–Trinajstić information content (AvgIpc) is 3.48. The molecule has 2 N–H and O–H groups in total. The van der Waals surface area contributed by atoms with Crippen LogP contribution in [-0.2, 0) is 6.54 Å². The molecule has 1 aromatic carbocycles. The molecule has 0 spiro atoms. The Morgan fingerprint density at radius 2 is 1.89 bits per heavy atom. The topological polar surface area (TPSA) is 115 Å². The third kappa shape index (κ3) is 4.77. The minimum Gasteiger partial charge on any atom is -0.365 e. The maximum absolute atomic E-state index is 11.7. The highest BCUT2D eigenvalue weighted by molar-refractivity contribution is 5.89. The molecule has 3 aromatic heterocycles. The molecule has 4 aromatic rings. The first-order chi connectivity index (χ1) is 18.5. The van der Waals surface area contributed by atoms with Gasteiger partial charge in [0.1, 0.15) is 11.3 Å². The van der Waals surface area contributed by atoms with E-state index in [0.29, 0.717) is 23.3 Å². The van der Waals surface area contributed by atoms with Crippen LogP contribution in [0.3, 0.4) is 0 Å². The molecule has 1 unspecified atom stereocenters. The maximum atomic E-state index is 11.7. The van der Waals surface area contributed by atoms with Gasteiger partial charge in [0.2, 0.25) is 11.6 Å². The molecule has 9 heteroatoms. The molecule has 0 aliphatic heterocycles. The Bertz CT molecular complexity index is 1490. The summed E-state index contributed by atoms with van der Waals surface area (Å²) in [5.74, 6) is 3.26. The average molecular weight is 514 g/mol. The van der Waals surface area contributed by atoms with Gasteiger partial charge in [-0.1, -0.05) is 68.3 Å². The highest BCUT2D eigenvalue weighted by atomic mass is 16.5. The molecular weight excluding hydrogens is 478 g/mol. The first kappa shape index (κ1) is 24.6. The van der Waals surface area contributed by atoms with Crippen molar-refractivity contribution in [1.82, 2.24) is 29.7 Å². The summed E-state index contributed by atoms with van der Waals surface area (Å²) in [5.41, 5.74) is 3.30. The van der Waals surface area contributed by atoms with Crippen LogP contribution in [0.5, 0.6) is 0 Å². The van der Waals surface area contributed by atoms with Crippen molar-refractivity contribution in [2.24, 2.45) is 17.8 Å². The molecule has 198 valence electrons. The lowest BCUT2D eigenvalue weighted by molar-refractivity contribution is 0.266. The van der Waals surface area contributed by atoms with Gasteiger partial charge in [-0.3, -0.25) is 9.51 Å². The number of aromatic nitrogens is 6. The molecule has 9 nitrogen and oxygen atoms in total. The molecule has 6 rings (SSSR count). The monoisotopic (exact) mass is 513 g/mol. The molecular formula is C29H35N7O2. The van der Waals surface area contributed by atoms with Gasteiger partial charge in [-0.25, -0.2) is 19.7 Å². The van der Waals surface area contributed by atoms with Gasteiger partial charge in [-0.2, -0.15) is 0 Å². The van der Waals surface area contributed by atoms with E-state index in [9.17, 15) is 4.79 Å². The van der Waals surface area contributed by atoms with E-state index in [2.05, 4.69) is 52.6 Å². The summed E-state index contributed by atoms with van der Waals surface area (Å²) in [4.78, 5) is 28.9. The Balaban J connectivity index is 1.50. The van der Waals surface area contributed by atoms with Crippen LogP contribution in [0.4, 0.5) is 5.82 Å².